The highest BCUT2D eigenvalue weighted by Gasteiger charge is 2.37. The van der Waals surface area contributed by atoms with Gasteiger partial charge in [-0.2, -0.15) is 0 Å². The molecular formula is C17H31BrO. The van der Waals surface area contributed by atoms with Crippen molar-refractivity contribution in [2.45, 2.75) is 89.8 Å². The Morgan fingerprint density at radius 3 is 2.21 bits per heavy atom. The summed E-state index contributed by atoms with van der Waals surface area (Å²) in [5, 5.41) is 1.03. The van der Waals surface area contributed by atoms with E-state index in [1.165, 1.54) is 64.2 Å². The third-order valence-electron chi connectivity index (χ3n) is 5.34. The van der Waals surface area contributed by atoms with Gasteiger partial charge < -0.3 is 4.74 Å². The molecule has 0 aliphatic heterocycles. The Hall–Kier alpha value is 0.440. The van der Waals surface area contributed by atoms with Gasteiger partial charge in [-0.3, -0.25) is 0 Å². The SMILES string of the molecule is CCCC1CCC(CBr)(OC2CCC(C)CC2)CC1. The third-order valence-corrected chi connectivity index (χ3v) is 6.36. The minimum atomic E-state index is 0.162. The topological polar surface area (TPSA) is 9.23 Å². The zero-order valence-electron chi connectivity index (χ0n) is 12.8. The van der Waals surface area contributed by atoms with Crippen molar-refractivity contribution in [1.29, 1.82) is 0 Å². The predicted octanol–water partition coefficient (Wildman–Crippen LogP) is 5.71. The van der Waals surface area contributed by atoms with Gasteiger partial charge in [0.05, 0.1) is 11.7 Å². The lowest BCUT2D eigenvalue weighted by Crippen LogP contribution is -2.42. The molecule has 0 amide bonds. The number of alkyl halides is 1. The second kappa shape index (κ2) is 7.45. The zero-order chi connectivity index (χ0) is 13.7. The summed E-state index contributed by atoms with van der Waals surface area (Å²) in [7, 11) is 0. The van der Waals surface area contributed by atoms with Gasteiger partial charge in [-0.05, 0) is 63.2 Å². The molecule has 2 aliphatic carbocycles. The number of hydrogen-bond donors (Lipinski definition) is 0. The molecule has 1 nitrogen and oxygen atoms in total. The van der Waals surface area contributed by atoms with Crippen molar-refractivity contribution in [2.75, 3.05) is 5.33 Å². The molecule has 0 saturated heterocycles. The molecule has 2 rings (SSSR count). The van der Waals surface area contributed by atoms with E-state index >= 15 is 0 Å². The maximum Gasteiger partial charge on any atom is 0.0782 e. The molecule has 112 valence electrons. The highest BCUT2D eigenvalue weighted by atomic mass is 79.9. The first kappa shape index (κ1) is 15.8. The molecule has 0 radical (unpaired) electrons. The van der Waals surface area contributed by atoms with Gasteiger partial charge in [-0.1, -0.05) is 42.6 Å². The molecule has 0 bridgehead atoms. The molecule has 0 aromatic rings. The van der Waals surface area contributed by atoms with Crippen molar-refractivity contribution in [1.82, 2.24) is 0 Å². The maximum absolute atomic E-state index is 6.60. The van der Waals surface area contributed by atoms with Crippen LogP contribution < -0.4 is 0 Å². The molecule has 0 heterocycles. The molecule has 2 fully saturated rings. The van der Waals surface area contributed by atoms with Gasteiger partial charge in [0.15, 0.2) is 0 Å². The molecule has 2 saturated carbocycles. The van der Waals surface area contributed by atoms with E-state index in [2.05, 4.69) is 29.8 Å². The lowest BCUT2D eigenvalue weighted by molar-refractivity contribution is -0.117. The van der Waals surface area contributed by atoms with Crippen LogP contribution in [-0.4, -0.2) is 17.0 Å². The van der Waals surface area contributed by atoms with Crippen molar-refractivity contribution in [3.05, 3.63) is 0 Å². The molecule has 19 heavy (non-hydrogen) atoms. The lowest BCUT2D eigenvalue weighted by Gasteiger charge is -2.42. The Morgan fingerprint density at radius 1 is 1.05 bits per heavy atom. The minimum Gasteiger partial charge on any atom is -0.371 e. The average molecular weight is 331 g/mol. The van der Waals surface area contributed by atoms with Crippen LogP contribution in [0.15, 0.2) is 0 Å². The largest absolute Gasteiger partial charge is 0.371 e. The van der Waals surface area contributed by atoms with Crippen LogP contribution in [0.4, 0.5) is 0 Å². The van der Waals surface area contributed by atoms with Gasteiger partial charge in [0, 0.05) is 5.33 Å². The van der Waals surface area contributed by atoms with Crippen molar-refractivity contribution in [3.8, 4) is 0 Å². The average Bonchev–Trinajstić information content (AvgIpc) is 2.44. The first-order valence-electron chi connectivity index (χ1n) is 8.41. The van der Waals surface area contributed by atoms with Crippen LogP contribution in [0.1, 0.15) is 78.1 Å². The minimum absolute atomic E-state index is 0.162. The lowest BCUT2D eigenvalue weighted by atomic mass is 9.77. The summed E-state index contributed by atoms with van der Waals surface area (Å²) in [5.74, 6) is 1.88. The summed E-state index contributed by atoms with van der Waals surface area (Å²) in [6, 6.07) is 0. The number of halogens is 1. The fourth-order valence-corrected chi connectivity index (χ4v) is 4.58. The van der Waals surface area contributed by atoms with E-state index in [9.17, 15) is 0 Å². The Bertz CT molecular complexity index is 250. The molecule has 2 heteroatoms. The summed E-state index contributed by atoms with van der Waals surface area (Å²) in [5.41, 5.74) is 0.162. The molecule has 0 aromatic carbocycles. The Kier molecular flexibility index (Phi) is 6.20. The molecule has 2 aliphatic rings. The molecule has 0 atom stereocenters. The van der Waals surface area contributed by atoms with Gasteiger partial charge in [-0.15, -0.1) is 0 Å². The molecule has 0 N–H and O–H groups in total. The normalized spacial score (nSPS) is 40.3. The molecule has 0 aromatic heterocycles. The quantitative estimate of drug-likeness (QED) is 0.587. The Balaban J connectivity index is 1.82. The zero-order valence-corrected chi connectivity index (χ0v) is 14.4. The van der Waals surface area contributed by atoms with E-state index in [0.717, 1.165) is 17.2 Å². The summed E-state index contributed by atoms with van der Waals surface area (Å²) in [6.45, 7) is 4.69. The fourth-order valence-electron chi connectivity index (χ4n) is 3.88. The number of ether oxygens (including phenoxy) is 1. The molecular weight excluding hydrogens is 300 g/mol. The molecule has 0 unspecified atom stereocenters. The van der Waals surface area contributed by atoms with Crippen LogP contribution in [0.25, 0.3) is 0 Å². The van der Waals surface area contributed by atoms with Gasteiger partial charge in [0.2, 0.25) is 0 Å². The van der Waals surface area contributed by atoms with E-state index in [1.807, 2.05) is 0 Å². The summed E-state index contributed by atoms with van der Waals surface area (Å²) in [4.78, 5) is 0. The second-order valence-corrected chi connectivity index (χ2v) is 7.61. The van der Waals surface area contributed by atoms with E-state index < -0.39 is 0 Å². The highest BCUT2D eigenvalue weighted by Crippen LogP contribution is 2.40. The first-order chi connectivity index (χ1) is 9.17. The molecule has 0 spiro atoms. The van der Waals surface area contributed by atoms with Gasteiger partial charge in [0.1, 0.15) is 0 Å². The van der Waals surface area contributed by atoms with Crippen LogP contribution in [-0.2, 0) is 4.74 Å². The highest BCUT2D eigenvalue weighted by molar-refractivity contribution is 9.09. The standard InChI is InChI=1S/C17H31BrO/c1-3-4-15-9-11-17(13-18,12-10-15)19-16-7-5-14(2)6-8-16/h14-16H,3-13H2,1-2H3. The first-order valence-corrected chi connectivity index (χ1v) is 9.53. The third kappa shape index (κ3) is 4.46. The van der Waals surface area contributed by atoms with E-state index in [4.69, 9.17) is 4.74 Å². The van der Waals surface area contributed by atoms with Crippen LogP contribution in [0.3, 0.4) is 0 Å². The fraction of sp³-hybridized carbons (Fsp3) is 1.00. The predicted molar refractivity (Wildman–Crippen MR) is 85.9 cm³/mol. The van der Waals surface area contributed by atoms with Crippen molar-refractivity contribution in [3.63, 3.8) is 0 Å². The van der Waals surface area contributed by atoms with Crippen LogP contribution in [0, 0.1) is 11.8 Å². The number of rotatable bonds is 5. The van der Waals surface area contributed by atoms with Crippen LogP contribution in [0.5, 0.6) is 0 Å². The monoisotopic (exact) mass is 330 g/mol. The summed E-state index contributed by atoms with van der Waals surface area (Å²) in [6.07, 6.45) is 13.9. The van der Waals surface area contributed by atoms with Crippen molar-refractivity contribution < 1.29 is 4.74 Å². The van der Waals surface area contributed by atoms with Crippen LogP contribution in [0.2, 0.25) is 0 Å². The summed E-state index contributed by atoms with van der Waals surface area (Å²) >= 11 is 3.74. The second-order valence-electron chi connectivity index (χ2n) is 7.05. The van der Waals surface area contributed by atoms with E-state index in [1.54, 1.807) is 0 Å². The number of hydrogen-bond acceptors (Lipinski definition) is 1. The van der Waals surface area contributed by atoms with Gasteiger partial charge >= 0.3 is 0 Å². The van der Waals surface area contributed by atoms with E-state index in [-0.39, 0.29) is 5.60 Å². The van der Waals surface area contributed by atoms with Crippen molar-refractivity contribution in [2.24, 2.45) is 11.8 Å². The van der Waals surface area contributed by atoms with Crippen LogP contribution >= 0.6 is 15.9 Å². The Morgan fingerprint density at radius 2 is 1.68 bits per heavy atom. The maximum atomic E-state index is 6.60. The van der Waals surface area contributed by atoms with Gasteiger partial charge in [-0.25, -0.2) is 0 Å². The van der Waals surface area contributed by atoms with Gasteiger partial charge in [0.25, 0.3) is 0 Å². The summed E-state index contributed by atoms with van der Waals surface area (Å²) < 4.78 is 6.60. The van der Waals surface area contributed by atoms with Crippen molar-refractivity contribution >= 4 is 15.9 Å². The van der Waals surface area contributed by atoms with E-state index in [0.29, 0.717) is 6.10 Å². The Labute approximate surface area is 128 Å². The smallest absolute Gasteiger partial charge is 0.0782 e.